The molecule has 0 saturated carbocycles. The van der Waals surface area contributed by atoms with Gasteiger partial charge in [0.15, 0.2) is 0 Å². The normalized spacial score (nSPS) is 12.5. The molecule has 0 bridgehead atoms. The van der Waals surface area contributed by atoms with Crippen molar-refractivity contribution in [2.24, 2.45) is 0 Å². The third kappa shape index (κ3) is 8.02. The average molecular weight is 204 g/mol. The van der Waals surface area contributed by atoms with Crippen molar-refractivity contribution >= 4 is 5.97 Å². The van der Waals surface area contributed by atoms with Crippen LogP contribution in [0.1, 0.15) is 51.9 Å². The molecule has 3 heteroatoms. The number of hydrogen-bond donors (Lipinski definition) is 0. The van der Waals surface area contributed by atoms with Gasteiger partial charge in [0.2, 0.25) is 0 Å². The molecule has 0 aliphatic carbocycles. The van der Waals surface area contributed by atoms with Gasteiger partial charge in [-0.2, -0.15) is 0 Å². The van der Waals surface area contributed by atoms with Crippen molar-refractivity contribution in [2.45, 2.75) is 58.0 Å². The number of hydrogen-bond acceptors (Lipinski definition) is 2. The van der Waals surface area contributed by atoms with Gasteiger partial charge in [-0.25, -0.2) is 4.39 Å². The minimum absolute atomic E-state index is 0.0930. The summed E-state index contributed by atoms with van der Waals surface area (Å²) in [6, 6.07) is 0. The number of unbranched alkanes of at least 4 members (excludes halogenated alkanes) is 4. The van der Waals surface area contributed by atoms with Crippen molar-refractivity contribution in [2.75, 3.05) is 7.11 Å². The second-order valence-corrected chi connectivity index (χ2v) is 3.58. The molecule has 14 heavy (non-hydrogen) atoms. The van der Waals surface area contributed by atoms with E-state index in [9.17, 15) is 9.18 Å². The SMILES string of the molecule is CCCCCCC[C@H](F)CC(=O)OC. The molecule has 0 spiro atoms. The summed E-state index contributed by atoms with van der Waals surface area (Å²) in [5.41, 5.74) is 0. The highest BCUT2D eigenvalue weighted by Gasteiger charge is 2.11. The molecule has 0 N–H and O–H groups in total. The zero-order chi connectivity index (χ0) is 10.8. The molecule has 0 unspecified atom stereocenters. The molecule has 0 rings (SSSR count). The molecule has 2 nitrogen and oxygen atoms in total. The van der Waals surface area contributed by atoms with E-state index in [2.05, 4.69) is 11.7 Å². The maximum absolute atomic E-state index is 13.0. The fourth-order valence-electron chi connectivity index (χ4n) is 1.34. The van der Waals surface area contributed by atoms with Gasteiger partial charge < -0.3 is 4.74 Å². The Morgan fingerprint density at radius 1 is 1.29 bits per heavy atom. The Kier molecular flexibility index (Phi) is 8.59. The van der Waals surface area contributed by atoms with E-state index in [1.54, 1.807) is 0 Å². The molecule has 1 atom stereocenters. The molecule has 0 aromatic rings. The van der Waals surface area contributed by atoms with Crippen LogP contribution in [0.4, 0.5) is 4.39 Å². The number of ether oxygens (including phenoxy) is 1. The summed E-state index contributed by atoms with van der Waals surface area (Å²) in [4.78, 5) is 10.7. The lowest BCUT2D eigenvalue weighted by molar-refractivity contribution is -0.141. The number of rotatable bonds is 8. The Balaban J connectivity index is 3.26. The zero-order valence-corrected chi connectivity index (χ0v) is 9.22. The van der Waals surface area contributed by atoms with Gasteiger partial charge >= 0.3 is 5.97 Å². The Morgan fingerprint density at radius 3 is 2.50 bits per heavy atom. The molecule has 0 amide bonds. The summed E-state index contributed by atoms with van der Waals surface area (Å²) in [7, 11) is 1.29. The largest absolute Gasteiger partial charge is 0.469 e. The minimum atomic E-state index is -1.02. The van der Waals surface area contributed by atoms with Crippen LogP contribution in [0.5, 0.6) is 0 Å². The van der Waals surface area contributed by atoms with Crippen molar-refractivity contribution in [1.29, 1.82) is 0 Å². The summed E-state index contributed by atoms with van der Waals surface area (Å²) in [5, 5.41) is 0. The highest BCUT2D eigenvalue weighted by molar-refractivity contribution is 5.69. The predicted molar refractivity (Wildman–Crippen MR) is 54.9 cm³/mol. The highest BCUT2D eigenvalue weighted by atomic mass is 19.1. The highest BCUT2D eigenvalue weighted by Crippen LogP contribution is 2.12. The quantitative estimate of drug-likeness (QED) is 0.448. The van der Waals surface area contributed by atoms with Gasteiger partial charge in [0, 0.05) is 0 Å². The summed E-state index contributed by atoms with van der Waals surface area (Å²) in [6.45, 7) is 2.15. The molecule has 0 saturated heterocycles. The number of esters is 1. The Labute approximate surface area is 85.8 Å². The van der Waals surface area contributed by atoms with Crippen LogP contribution in [0.15, 0.2) is 0 Å². The maximum atomic E-state index is 13.0. The second kappa shape index (κ2) is 8.97. The lowest BCUT2D eigenvalue weighted by Crippen LogP contribution is -2.10. The van der Waals surface area contributed by atoms with E-state index in [0.29, 0.717) is 6.42 Å². The molecular weight excluding hydrogens is 183 g/mol. The third-order valence-corrected chi connectivity index (χ3v) is 2.24. The first kappa shape index (κ1) is 13.4. The van der Waals surface area contributed by atoms with E-state index in [4.69, 9.17) is 0 Å². The van der Waals surface area contributed by atoms with E-state index in [0.717, 1.165) is 12.8 Å². The molecule has 0 aliphatic heterocycles. The fraction of sp³-hybridized carbons (Fsp3) is 0.909. The minimum Gasteiger partial charge on any atom is -0.469 e. The molecule has 0 fully saturated rings. The summed E-state index contributed by atoms with van der Waals surface area (Å²) >= 11 is 0. The van der Waals surface area contributed by atoms with Gasteiger partial charge in [0.05, 0.1) is 13.5 Å². The van der Waals surface area contributed by atoms with Gasteiger partial charge in [-0.1, -0.05) is 39.0 Å². The molecule has 0 heterocycles. The zero-order valence-electron chi connectivity index (χ0n) is 9.22. The molecular formula is C11H21FO2. The summed E-state index contributed by atoms with van der Waals surface area (Å²) in [5.74, 6) is -0.453. The molecule has 0 radical (unpaired) electrons. The van der Waals surface area contributed by atoms with Gasteiger partial charge in [-0.05, 0) is 6.42 Å². The first-order valence-electron chi connectivity index (χ1n) is 5.41. The van der Waals surface area contributed by atoms with Crippen molar-refractivity contribution in [3.8, 4) is 0 Å². The third-order valence-electron chi connectivity index (χ3n) is 2.24. The van der Waals surface area contributed by atoms with E-state index < -0.39 is 12.1 Å². The van der Waals surface area contributed by atoms with E-state index >= 15 is 0 Å². The van der Waals surface area contributed by atoms with Crippen LogP contribution in [0.3, 0.4) is 0 Å². The van der Waals surface area contributed by atoms with E-state index in [-0.39, 0.29) is 6.42 Å². The number of carbonyl (C=O) groups is 1. The molecule has 84 valence electrons. The first-order valence-corrected chi connectivity index (χ1v) is 5.41. The van der Waals surface area contributed by atoms with Crippen LogP contribution in [-0.2, 0) is 9.53 Å². The fourth-order valence-corrected chi connectivity index (χ4v) is 1.34. The smallest absolute Gasteiger partial charge is 0.308 e. The van der Waals surface area contributed by atoms with Crippen molar-refractivity contribution < 1.29 is 13.9 Å². The van der Waals surface area contributed by atoms with Gasteiger partial charge in [-0.15, -0.1) is 0 Å². The standard InChI is InChI=1S/C11H21FO2/c1-3-4-5-6-7-8-10(12)9-11(13)14-2/h10H,3-9H2,1-2H3/t10-/m0/s1. The van der Waals surface area contributed by atoms with Crippen LogP contribution < -0.4 is 0 Å². The lowest BCUT2D eigenvalue weighted by Gasteiger charge is -2.06. The van der Waals surface area contributed by atoms with Gasteiger partial charge in [0.1, 0.15) is 6.17 Å². The van der Waals surface area contributed by atoms with Crippen LogP contribution >= 0.6 is 0 Å². The van der Waals surface area contributed by atoms with E-state index in [1.807, 2.05) is 0 Å². The van der Waals surface area contributed by atoms with Crippen LogP contribution in [0, 0.1) is 0 Å². The van der Waals surface area contributed by atoms with Crippen molar-refractivity contribution in [3.63, 3.8) is 0 Å². The monoisotopic (exact) mass is 204 g/mol. The first-order chi connectivity index (χ1) is 6.70. The number of halogens is 1. The van der Waals surface area contributed by atoms with E-state index in [1.165, 1.54) is 26.4 Å². The van der Waals surface area contributed by atoms with Gasteiger partial charge in [0.25, 0.3) is 0 Å². The number of alkyl halides is 1. The van der Waals surface area contributed by atoms with Crippen LogP contribution in [-0.4, -0.2) is 19.3 Å². The summed E-state index contributed by atoms with van der Waals surface area (Å²) < 4.78 is 17.4. The van der Waals surface area contributed by atoms with Crippen LogP contribution in [0.2, 0.25) is 0 Å². The number of carbonyl (C=O) groups excluding carboxylic acids is 1. The Hall–Kier alpha value is -0.600. The Morgan fingerprint density at radius 2 is 1.93 bits per heavy atom. The topological polar surface area (TPSA) is 26.3 Å². The predicted octanol–water partition coefficient (Wildman–Crippen LogP) is 3.25. The molecule has 0 aromatic carbocycles. The average Bonchev–Trinajstić information content (AvgIpc) is 2.17. The Bertz CT molecular complexity index is 148. The van der Waals surface area contributed by atoms with Crippen LogP contribution in [0.25, 0.3) is 0 Å². The number of methoxy groups -OCH3 is 1. The van der Waals surface area contributed by atoms with Crippen molar-refractivity contribution in [1.82, 2.24) is 0 Å². The van der Waals surface area contributed by atoms with Crippen molar-refractivity contribution in [3.05, 3.63) is 0 Å². The maximum Gasteiger partial charge on any atom is 0.308 e. The second-order valence-electron chi connectivity index (χ2n) is 3.58. The summed E-state index contributed by atoms with van der Waals surface area (Å²) in [6.07, 6.45) is 4.89. The molecule has 0 aromatic heterocycles. The van der Waals surface area contributed by atoms with Gasteiger partial charge in [-0.3, -0.25) is 4.79 Å². The lowest BCUT2D eigenvalue weighted by atomic mass is 10.1. The molecule has 0 aliphatic rings.